The highest BCUT2D eigenvalue weighted by Gasteiger charge is 2.48. The van der Waals surface area contributed by atoms with Crippen LogP contribution in [0.2, 0.25) is 0 Å². The van der Waals surface area contributed by atoms with Crippen molar-refractivity contribution in [3.8, 4) is 0 Å². The van der Waals surface area contributed by atoms with Gasteiger partial charge in [-0.15, -0.1) is 0 Å². The largest absolute Gasteiger partial charge is 0.462 e. The van der Waals surface area contributed by atoms with E-state index >= 15 is 0 Å². The second-order valence-electron chi connectivity index (χ2n) is 7.74. The molecular formula is C16H28O7. The molecule has 1 N–H and O–H groups in total. The van der Waals surface area contributed by atoms with Crippen molar-refractivity contribution in [2.45, 2.75) is 66.1 Å². The Hall–Kier alpha value is -1.18. The van der Waals surface area contributed by atoms with E-state index in [2.05, 4.69) is 0 Å². The van der Waals surface area contributed by atoms with E-state index in [4.69, 9.17) is 18.9 Å². The Morgan fingerprint density at radius 1 is 1.04 bits per heavy atom. The van der Waals surface area contributed by atoms with Crippen molar-refractivity contribution < 1.29 is 33.6 Å². The summed E-state index contributed by atoms with van der Waals surface area (Å²) in [5.41, 5.74) is -1.38. The summed E-state index contributed by atoms with van der Waals surface area (Å²) in [6.07, 6.45) is -3.83. The van der Waals surface area contributed by atoms with Crippen molar-refractivity contribution in [2.24, 2.45) is 10.8 Å². The molecule has 0 aromatic carbocycles. The van der Waals surface area contributed by atoms with Crippen LogP contribution in [-0.2, 0) is 28.5 Å². The minimum atomic E-state index is -1.15. The van der Waals surface area contributed by atoms with Gasteiger partial charge in [-0.05, 0) is 41.5 Å². The topological polar surface area (TPSA) is 91.3 Å². The minimum absolute atomic E-state index is 0.130. The summed E-state index contributed by atoms with van der Waals surface area (Å²) in [7, 11) is 1.38. The normalized spacial score (nSPS) is 28.5. The van der Waals surface area contributed by atoms with Crippen LogP contribution >= 0.6 is 0 Å². The Labute approximate surface area is 137 Å². The molecule has 1 fully saturated rings. The molecule has 4 atom stereocenters. The molecule has 1 heterocycles. The fourth-order valence-corrected chi connectivity index (χ4v) is 1.85. The molecule has 1 aliphatic heterocycles. The highest BCUT2D eigenvalue weighted by molar-refractivity contribution is 5.76. The van der Waals surface area contributed by atoms with Gasteiger partial charge in [0.2, 0.25) is 0 Å². The van der Waals surface area contributed by atoms with E-state index in [1.807, 2.05) is 0 Å². The molecule has 1 rings (SSSR count). The molecular weight excluding hydrogens is 304 g/mol. The molecule has 7 nitrogen and oxygen atoms in total. The number of aliphatic hydroxyl groups is 1. The summed E-state index contributed by atoms with van der Waals surface area (Å²) in [6, 6.07) is 0. The molecule has 1 aliphatic rings. The van der Waals surface area contributed by atoms with E-state index < -0.39 is 47.4 Å². The number of esters is 2. The van der Waals surface area contributed by atoms with Gasteiger partial charge < -0.3 is 24.1 Å². The fraction of sp³-hybridized carbons (Fsp3) is 0.875. The van der Waals surface area contributed by atoms with Crippen LogP contribution in [0.5, 0.6) is 0 Å². The predicted molar refractivity (Wildman–Crippen MR) is 81.4 cm³/mol. The van der Waals surface area contributed by atoms with Gasteiger partial charge in [-0.1, -0.05) is 0 Å². The molecule has 0 aromatic rings. The van der Waals surface area contributed by atoms with Crippen molar-refractivity contribution in [3.05, 3.63) is 0 Å². The highest BCUT2D eigenvalue weighted by Crippen LogP contribution is 2.28. The van der Waals surface area contributed by atoms with Crippen molar-refractivity contribution in [2.75, 3.05) is 13.7 Å². The molecule has 134 valence electrons. The van der Waals surface area contributed by atoms with E-state index in [0.717, 1.165) is 0 Å². The molecule has 0 spiro atoms. The van der Waals surface area contributed by atoms with Gasteiger partial charge in [-0.3, -0.25) is 9.59 Å². The Morgan fingerprint density at radius 2 is 1.57 bits per heavy atom. The minimum Gasteiger partial charge on any atom is -0.462 e. The molecule has 2 unspecified atom stereocenters. The van der Waals surface area contributed by atoms with Crippen LogP contribution in [0, 0.1) is 10.8 Å². The van der Waals surface area contributed by atoms with Gasteiger partial charge in [0.1, 0.15) is 18.8 Å². The zero-order chi connectivity index (χ0) is 18.0. The lowest BCUT2D eigenvalue weighted by molar-refractivity contribution is -0.172. The van der Waals surface area contributed by atoms with Crippen LogP contribution in [0.1, 0.15) is 41.5 Å². The summed E-state index contributed by atoms with van der Waals surface area (Å²) in [4.78, 5) is 23.9. The lowest BCUT2D eigenvalue weighted by Gasteiger charge is -2.25. The summed E-state index contributed by atoms with van der Waals surface area (Å²) < 4.78 is 21.1. The number of methoxy groups -OCH3 is 1. The number of carbonyl (C=O) groups excluding carboxylic acids is 2. The van der Waals surface area contributed by atoms with Crippen LogP contribution in [-0.4, -0.2) is 55.4 Å². The number of hydrogen-bond acceptors (Lipinski definition) is 7. The molecule has 23 heavy (non-hydrogen) atoms. The summed E-state index contributed by atoms with van der Waals surface area (Å²) in [6.45, 7) is 10.2. The van der Waals surface area contributed by atoms with Gasteiger partial charge in [-0.25, -0.2) is 0 Å². The first-order valence-corrected chi connectivity index (χ1v) is 7.62. The first-order valence-electron chi connectivity index (χ1n) is 7.62. The van der Waals surface area contributed by atoms with Crippen molar-refractivity contribution >= 4 is 11.9 Å². The van der Waals surface area contributed by atoms with Crippen molar-refractivity contribution in [3.63, 3.8) is 0 Å². The van der Waals surface area contributed by atoms with Gasteiger partial charge in [0.15, 0.2) is 12.4 Å². The third-order valence-electron chi connectivity index (χ3n) is 3.37. The third kappa shape index (κ3) is 5.16. The molecule has 0 bridgehead atoms. The first kappa shape index (κ1) is 19.9. The van der Waals surface area contributed by atoms with Crippen molar-refractivity contribution in [1.29, 1.82) is 0 Å². The number of rotatable bonds is 4. The van der Waals surface area contributed by atoms with Crippen molar-refractivity contribution in [1.82, 2.24) is 0 Å². The standard InChI is InChI=1S/C16H28O7/c1-15(2,3)13(18)21-8-9-11(10(17)12(20-7)22-9)23-14(19)16(4,5)6/h9-12,17H,8H2,1-7H3/t9-,10?,11-,12?/m1/s1. The van der Waals surface area contributed by atoms with E-state index in [0.29, 0.717) is 0 Å². The zero-order valence-corrected chi connectivity index (χ0v) is 14.9. The van der Waals surface area contributed by atoms with E-state index in [-0.39, 0.29) is 6.61 Å². The summed E-state index contributed by atoms with van der Waals surface area (Å²) >= 11 is 0. The predicted octanol–water partition coefficient (Wildman–Crippen LogP) is 1.27. The van der Waals surface area contributed by atoms with Gasteiger partial charge in [0.05, 0.1) is 10.8 Å². The molecule has 0 amide bonds. The maximum Gasteiger partial charge on any atom is 0.311 e. The Balaban J connectivity index is 2.78. The number of ether oxygens (including phenoxy) is 4. The lowest BCUT2D eigenvalue weighted by atomic mass is 9.97. The van der Waals surface area contributed by atoms with Gasteiger partial charge in [-0.2, -0.15) is 0 Å². The molecule has 0 radical (unpaired) electrons. The molecule has 0 saturated carbocycles. The van der Waals surface area contributed by atoms with Gasteiger partial charge in [0.25, 0.3) is 0 Å². The zero-order valence-electron chi connectivity index (χ0n) is 14.9. The summed E-state index contributed by atoms with van der Waals surface area (Å²) in [5, 5.41) is 10.2. The summed E-state index contributed by atoms with van der Waals surface area (Å²) in [5.74, 6) is -0.883. The van der Waals surface area contributed by atoms with E-state index in [1.165, 1.54) is 7.11 Å². The van der Waals surface area contributed by atoms with E-state index in [9.17, 15) is 14.7 Å². The second kappa shape index (κ2) is 7.15. The van der Waals surface area contributed by atoms with Crippen LogP contribution in [0.3, 0.4) is 0 Å². The average molecular weight is 332 g/mol. The Kier molecular flexibility index (Phi) is 6.18. The van der Waals surface area contributed by atoms with E-state index in [1.54, 1.807) is 41.5 Å². The quantitative estimate of drug-likeness (QED) is 0.775. The number of hydrogen-bond donors (Lipinski definition) is 1. The molecule has 0 aliphatic carbocycles. The SMILES string of the molecule is COC1O[C@H](COC(=O)C(C)(C)C)[C@@H](OC(=O)C(C)(C)C)C1O. The lowest BCUT2D eigenvalue weighted by Crippen LogP contribution is -2.42. The smallest absolute Gasteiger partial charge is 0.311 e. The maximum absolute atomic E-state index is 12.1. The monoisotopic (exact) mass is 332 g/mol. The number of carbonyl (C=O) groups is 2. The third-order valence-corrected chi connectivity index (χ3v) is 3.37. The van der Waals surface area contributed by atoms with Crippen LogP contribution in [0.15, 0.2) is 0 Å². The van der Waals surface area contributed by atoms with Crippen LogP contribution in [0.25, 0.3) is 0 Å². The first-order chi connectivity index (χ1) is 10.4. The fourth-order valence-electron chi connectivity index (χ4n) is 1.85. The molecule has 1 saturated heterocycles. The second-order valence-corrected chi connectivity index (χ2v) is 7.74. The average Bonchev–Trinajstić information content (AvgIpc) is 2.70. The highest BCUT2D eigenvalue weighted by atomic mass is 16.7. The Morgan fingerprint density at radius 3 is 2.00 bits per heavy atom. The molecule has 7 heteroatoms. The van der Waals surface area contributed by atoms with Crippen LogP contribution in [0.4, 0.5) is 0 Å². The van der Waals surface area contributed by atoms with Gasteiger partial charge in [0, 0.05) is 7.11 Å². The number of aliphatic hydroxyl groups excluding tert-OH is 1. The molecule has 0 aromatic heterocycles. The Bertz CT molecular complexity index is 433. The maximum atomic E-state index is 12.1. The van der Waals surface area contributed by atoms with Gasteiger partial charge >= 0.3 is 11.9 Å². The van der Waals surface area contributed by atoms with Crippen LogP contribution < -0.4 is 0 Å².